The maximum atomic E-state index is 13.1. The number of halogens is 1. The van der Waals surface area contributed by atoms with Crippen molar-refractivity contribution in [2.45, 2.75) is 25.3 Å². The lowest BCUT2D eigenvalue weighted by molar-refractivity contribution is -0.122. The van der Waals surface area contributed by atoms with E-state index >= 15 is 0 Å². The van der Waals surface area contributed by atoms with Crippen LogP contribution in [0.4, 0.5) is 0 Å². The highest BCUT2D eigenvalue weighted by Crippen LogP contribution is 2.21. The van der Waals surface area contributed by atoms with E-state index in [2.05, 4.69) is 22.8 Å². The third-order valence-corrected chi connectivity index (χ3v) is 6.11. The quantitative estimate of drug-likeness (QED) is 0.234. The number of hydrogen-bond donors (Lipinski definition) is 2. The second-order valence-electron chi connectivity index (χ2n) is 8.68. The molecular weight excluding hydrogens is 484 g/mol. The molecule has 0 bridgehead atoms. The molecule has 5 nitrogen and oxygen atoms in total. The second kappa shape index (κ2) is 13.3. The van der Waals surface area contributed by atoms with Gasteiger partial charge in [-0.25, -0.2) is 0 Å². The first kappa shape index (κ1) is 26.0. The third kappa shape index (κ3) is 8.23. The first-order valence-electron chi connectivity index (χ1n) is 12.3. The standard InChI is InChI=1S/C31H29ClN2O3/c32-26-17-13-24(14-18-26)22-29(31(36)33-21-7-10-23-8-3-1-4-9-23)34-30(35)25-15-19-28(20-16-25)37-27-11-5-2-6-12-27/h1-6,8-9,11-20,29H,7,10,21-22H2,(H,33,36)(H,34,35)/t29-/m0/s1. The van der Waals surface area contributed by atoms with Crippen LogP contribution >= 0.6 is 11.6 Å². The van der Waals surface area contributed by atoms with Crippen LogP contribution < -0.4 is 15.4 Å². The number of hydrogen-bond acceptors (Lipinski definition) is 3. The molecule has 4 rings (SSSR count). The second-order valence-corrected chi connectivity index (χ2v) is 9.11. The Bertz CT molecular complexity index is 1280. The van der Waals surface area contributed by atoms with Crippen molar-refractivity contribution in [1.29, 1.82) is 0 Å². The summed E-state index contributed by atoms with van der Waals surface area (Å²) in [6.07, 6.45) is 2.02. The molecule has 2 N–H and O–H groups in total. The van der Waals surface area contributed by atoms with E-state index in [1.54, 1.807) is 36.4 Å². The van der Waals surface area contributed by atoms with E-state index in [1.807, 2.05) is 60.7 Å². The average Bonchev–Trinajstić information content (AvgIpc) is 2.93. The molecule has 0 fully saturated rings. The Hall–Kier alpha value is -4.09. The number of ether oxygens (including phenoxy) is 1. The lowest BCUT2D eigenvalue weighted by Gasteiger charge is -2.19. The number of aryl methyl sites for hydroxylation is 1. The van der Waals surface area contributed by atoms with Crippen LogP contribution in [0.3, 0.4) is 0 Å². The van der Waals surface area contributed by atoms with Gasteiger partial charge in [0.25, 0.3) is 5.91 Å². The predicted octanol–water partition coefficient (Wildman–Crippen LogP) is 6.22. The molecule has 6 heteroatoms. The van der Waals surface area contributed by atoms with Gasteiger partial charge in [0.2, 0.25) is 5.91 Å². The predicted molar refractivity (Wildman–Crippen MR) is 147 cm³/mol. The summed E-state index contributed by atoms with van der Waals surface area (Å²) in [4.78, 5) is 26.1. The maximum absolute atomic E-state index is 13.1. The summed E-state index contributed by atoms with van der Waals surface area (Å²) >= 11 is 6.01. The maximum Gasteiger partial charge on any atom is 0.251 e. The Morgan fingerprint density at radius 1 is 0.730 bits per heavy atom. The summed E-state index contributed by atoms with van der Waals surface area (Å²) < 4.78 is 5.80. The minimum atomic E-state index is -0.731. The number of para-hydroxylation sites is 1. The van der Waals surface area contributed by atoms with Gasteiger partial charge in [-0.1, -0.05) is 72.3 Å². The highest BCUT2D eigenvalue weighted by Gasteiger charge is 2.22. The van der Waals surface area contributed by atoms with Crippen molar-refractivity contribution in [3.05, 3.63) is 131 Å². The minimum Gasteiger partial charge on any atom is -0.457 e. The first-order valence-corrected chi connectivity index (χ1v) is 12.6. The summed E-state index contributed by atoms with van der Waals surface area (Å²) in [5.41, 5.74) is 2.57. The summed E-state index contributed by atoms with van der Waals surface area (Å²) in [5, 5.41) is 6.50. The fourth-order valence-corrected chi connectivity index (χ4v) is 4.00. The van der Waals surface area contributed by atoms with E-state index in [9.17, 15) is 9.59 Å². The highest BCUT2D eigenvalue weighted by molar-refractivity contribution is 6.30. The van der Waals surface area contributed by atoms with Crippen molar-refractivity contribution in [2.24, 2.45) is 0 Å². The van der Waals surface area contributed by atoms with Crippen LogP contribution in [0.25, 0.3) is 0 Å². The Morgan fingerprint density at radius 2 is 1.35 bits per heavy atom. The van der Waals surface area contributed by atoms with Gasteiger partial charge in [0.05, 0.1) is 0 Å². The van der Waals surface area contributed by atoms with Crippen LogP contribution in [-0.4, -0.2) is 24.4 Å². The molecule has 0 aromatic heterocycles. The fourth-order valence-electron chi connectivity index (χ4n) is 3.88. The van der Waals surface area contributed by atoms with Crippen molar-refractivity contribution >= 4 is 23.4 Å². The normalized spacial score (nSPS) is 11.4. The van der Waals surface area contributed by atoms with Gasteiger partial charge in [-0.15, -0.1) is 0 Å². The molecule has 4 aromatic rings. The van der Waals surface area contributed by atoms with Crippen molar-refractivity contribution in [2.75, 3.05) is 6.54 Å². The molecule has 4 aromatic carbocycles. The van der Waals surface area contributed by atoms with Gasteiger partial charge in [-0.2, -0.15) is 0 Å². The van der Waals surface area contributed by atoms with E-state index in [0.717, 1.165) is 18.4 Å². The summed E-state index contributed by atoms with van der Waals surface area (Å²) in [7, 11) is 0. The van der Waals surface area contributed by atoms with Crippen LogP contribution in [0.15, 0.2) is 109 Å². The number of amides is 2. The molecule has 188 valence electrons. The molecule has 37 heavy (non-hydrogen) atoms. The van der Waals surface area contributed by atoms with Gasteiger partial charge < -0.3 is 15.4 Å². The van der Waals surface area contributed by atoms with E-state index in [4.69, 9.17) is 16.3 Å². The molecule has 0 heterocycles. The van der Waals surface area contributed by atoms with Gasteiger partial charge in [0, 0.05) is 23.6 Å². The van der Waals surface area contributed by atoms with Crippen LogP contribution in [0.1, 0.15) is 27.9 Å². The summed E-state index contributed by atoms with van der Waals surface area (Å²) in [6, 6.07) is 33.0. The molecule has 1 atom stereocenters. The van der Waals surface area contributed by atoms with Gasteiger partial charge in [-0.3, -0.25) is 9.59 Å². The van der Waals surface area contributed by atoms with Gasteiger partial charge in [-0.05, 0) is 72.5 Å². The van der Waals surface area contributed by atoms with E-state index in [-0.39, 0.29) is 11.8 Å². The van der Waals surface area contributed by atoms with E-state index in [1.165, 1.54) is 5.56 Å². The SMILES string of the molecule is O=C(N[C@@H](Cc1ccc(Cl)cc1)C(=O)NCCCc1ccccc1)c1ccc(Oc2ccccc2)cc1. The lowest BCUT2D eigenvalue weighted by Crippen LogP contribution is -2.48. The Labute approximate surface area is 222 Å². The number of rotatable bonds is 11. The van der Waals surface area contributed by atoms with Crippen molar-refractivity contribution in [1.82, 2.24) is 10.6 Å². The lowest BCUT2D eigenvalue weighted by atomic mass is 10.0. The molecular formula is C31H29ClN2O3. The van der Waals surface area contributed by atoms with Crippen molar-refractivity contribution < 1.29 is 14.3 Å². The third-order valence-electron chi connectivity index (χ3n) is 5.85. The highest BCUT2D eigenvalue weighted by atomic mass is 35.5. The molecule has 0 aliphatic heterocycles. The van der Waals surface area contributed by atoms with E-state index in [0.29, 0.717) is 35.1 Å². The monoisotopic (exact) mass is 512 g/mol. The van der Waals surface area contributed by atoms with Gasteiger partial charge >= 0.3 is 0 Å². The Kier molecular flexibility index (Phi) is 9.33. The molecule has 0 saturated heterocycles. The molecule has 0 aliphatic carbocycles. The largest absolute Gasteiger partial charge is 0.457 e. The molecule has 0 radical (unpaired) electrons. The number of carbonyl (C=O) groups excluding carboxylic acids is 2. The smallest absolute Gasteiger partial charge is 0.251 e. The van der Waals surface area contributed by atoms with Crippen molar-refractivity contribution in [3.8, 4) is 11.5 Å². The minimum absolute atomic E-state index is 0.222. The fraction of sp³-hybridized carbons (Fsp3) is 0.161. The topological polar surface area (TPSA) is 67.4 Å². The zero-order valence-corrected chi connectivity index (χ0v) is 21.2. The summed E-state index contributed by atoms with van der Waals surface area (Å²) in [6.45, 7) is 0.520. The zero-order valence-electron chi connectivity index (χ0n) is 20.4. The Balaban J connectivity index is 1.37. The number of nitrogens with one attached hydrogen (secondary N) is 2. The van der Waals surface area contributed by atoms with Gasteiger partial charge in [0.1, 0.15) is 17.5 Å². The molecule has 0 unspecified atom stereocenters. The van der Waals surface area contributed by atoms with Crippen LogP contribution in [-0.2, 0) is 17.6 Å². The number of carbonyl (C=O) groups is 2. The molecule has 0 saturated carbocycles. The van der Waals surface area contributed by atoms with Crippen molar-refractivity contribution in [3.63, 3.8) is 0 Å². The Morgan fingerprint density at radius 3 is 2.03 bits per heavy atom. The number of benzene rings is 4. The van der Waals surface area contributed by atoms with E-state index < -0.39 is 6.04 Å². The van der Waals surface area contributed by atoms with Gasteiger partial charge in [0.15, 0.2) is 0 Å². The molecule has 2 amide bonds. The first-order chi connectivity index (χ1) is 18.1. The average molecular weight is 513 g/mol. The molecule has 0 spiro atoms. The zero-order chi connectivity index (χ0) is 25.9. The molecule has 0 aliphatic rings. The van der Waals surface area contributed by atoms with Crippen LogP contribution in [0, 0.1) is 0 Å². The summed E-state index contributed by atoms with van der Waals surface area (Å²) in [5.74, 6) is 0.786. The van der Waals surface area contributed by atoms with Crippen LogP contribution in [0.2, 0.25) is 5.02 Å². The van der Waals surface area contributed by atoms with Crippen LogP contribution in [0.5, 0.6) is 11.5 Å².